The molecule has 0 bridgehead atoms. The lowest BCUT2D eigenvalue weighted by atomic mass is 10.1. The third-order valence-corrected chi connectivity index (χ3v) is 5.88. The van der Waals surface area contributed by atoms with E-state index in [9.17, 15) is 17.6 Å². The van der Waals surface area contributed by atoms with Crippen molar-refractivity contribution in [3.05, 3.63) is 53.8 Å². The lowest BCUT2D eigenvalue weighted by Crippen LogP contribution is -2.43. The topological polar surface area (TPSA) is 76.1 Å². The van der Waals surface area contributed by atoms with Crippen molar-refractivity contribution in [1.82, 2.24) is 9.80 Å². The molecule has 30 heavy (non-hydrogen) atoms. The number of ether oxygens (including phenoxy) is 1. The minimum absolute atomic E-state index is 0.0132. The molecule has 0 aliphatic carbocycles. The molecule has 0 saturated carbocycles. The Hall–Kier alpha value is -2.81. The number of carbonyl (C=O) groups excluding carboxylic acids is 1. The first-order chi connectivity index (χ1) is 14.1. The van der Waals surface area contributed by atoms with Crippen molar-refractivity contribution in [3.63, 3.8) is 0 Å². The van der Waals surface area contributed by atoms with Gasteiger partial charge in [-0.3, -0.25) is 0 Å². The highest BCUT2D eigenvalue weighted by Gasteiger charge is 2.23. The molecule has 0 radical (unpaired) electrons. The monoisotopic (exact) mass is 438 g/mol. The minimum atomic E-state index is -4.19. The second-order valence-electron chi connectivity index (χ2n) is 7.04. The number of hydrogen-bond acceptors (Lipinski definition) is 5. The van der Waals surface area contributed by atoms with Crippen LogP contribution in [0.4, 0.5) is 9.18 Å². The predicted octanol–water partition coefficient (Wildman–Crippen LogP) is 3.88. The molecule has 0 N–H and O–H groups in total. The van der Waals surface area contributed by atoms with E-state index >= 15 is 0 Å². The Balaban J connectivity index is 2.36. The summed E-state index contributed by atoms with van der Waals surface area (Å²) in [5.41, 5.74) is 0.676. The van der Waals surface area contributed by atoms with E-state index in [0.717, 1.165) is 30.7 Å². The molecule has 0 aliphatic heterocycles. The van der Waals surface area contributed by atoms with E-state index in [-0.39, 0.29) is 35.0 Å². The van der Waals surface area contributed by atoms with E-state index in [1.807, 2.05) is 13.8 Å². The van der Waals surface area contributed by atoms with Crippen LogP contribution in [0.5, 0.6) is 11.5 Å². The van der Waals surface area contributed by atoms with Crippen LogP contribution >= 0.6 is 0 Å². The Labute approximate surface area is 177 Å². The maximum absolute atomic E-state index is 13.1. The fraction of sp³-hybridized carbons (Fsp3) is 0.381. The van der Waals surface area contributed by atoms with Crippen molar-refractivity contribution in [2.45, 2.75) is 37.8 Å². The summed E-state index contributed by atoms with van der Waals surface area (Å²) in [5, 5.41) is 0. The Morgan fingerprint density at radius 1 is 1.10 bits per heavy atom. The highest BCUT2D eigenvalue weighted by molar-refractivity contribution is 7.87. The molecule has 0 aliphatic rings. The zero-order valence-electron chi connectivity index (χ0n) is 17.8. The van der Waals surface area contributed by atoms with Gasteiger partial charge in [-0.1, -0.05) is 13.0 Å². The van der Waals surface area contributed by atoms with Gasteiger partial charge in [0.1, 0.15) is 10.7 Å². The van der Waals surface area contributed by atoms with Crippen molar-refractivity contribution in [2.24, 2.45) is 0 Å². The molecule has 1 atom stereocenters. The van der Waals surface area contributed by atoms with Gasteiger partial charge in [-0.2, -0.15) is 8.42 Å². The molecule has 0 saturated heterocycles. The zero-order chi connectivity index (χ0) is 22.5. The first-order valence-electron chi connectivity index (χ1n) is 9.44. The maximum atomic E-state index is 13.1. The second-order valence-corrected chi connectivity index (χ2v) is 8.59. The average molecular weight is 439 g/mol. The lowest BCUT2D eigenvalue weighted by Gasteiger charge is -2.31. The molecule has 0 spiro atoms. The summed E-state index contributed by atoms with van der Waals surface area (Å²) >= 11 is 0. The number of amides is 2. The van der Waals surface area contributed by atoms with Crippen molar-refractivity contribution in [1.29, 1.82) is 0 Å². The summed E-state index contributed by atoms with van der Waals surface area (Å²) < 4.78 is 48.8. The molecule has 0 fully saturated rings. The van der Waals surface area contributed by atoms with Gasteiger partial charge >= 0.3 is 16.1 Å². The fourth-order valence-electron chi connectivity index (χ4n) is 2.74. The van der Waals surface area contributed by atoms with Crippen LogP contribution < -0.4 is 8.92 Å². The summed E-state index contributed by atoms with van der Waals surface area (Å²) in [6.45, 7) is 4.20. The van der Waals surface area contributed by atoms with E-state index in [2.05, 4.69) is 0 Å². The van der Waals surface area contributed by atoms with Gasteiger partial charge in [0.2, 0.25) is 0 Å². The van der Waals surface area contributed by atoms with Crippen LogP contribution in [0.25, 0.3) is 0 Å². The van der Waals surface area contributed by atoms with Gasteiger partial charge < -0.3 is 18.7 Å². The summed E-state index contributed by atoms with van der Waals surface area (Å²) in [6.07, 6.45) is 0.762. The van der Waals surface area contributed by atoms with E-state index < -0.39 is 15.9 Å². The molecule has 0 heterocycles. The lowest BCUT2D eigenvalue weighted by molar-refractivity contribution is 0.148. The van der Waals surface area contributed by atoms with Gasteiger partial charge in [-0.15, -0.1) is 0 Å². The maximum Gasteiger partial charge on any atom is 0.339 e. The third-order valence-electron chi connectivity index (χ3n) is 4.63. The Bertz CT molecular complexity index is 977. The zero-order valence-corrected chi connectivity index (χ0v) is 18.6. The Kier molecular flexibility index (Phi) is 7.66. The highest BCUT2D eigenvalue weighted by atomic mass is 32.2. The number of benzene rings is 2. The number of hydrogen-bond donors (Lipinski definition) is 0. The molecule has 7 nitrogen and oxygen atoms in total. The van der Waals surface area contributed by atoms with Gasteiger partial charge in [-0.05, 0) is 55.3 Å². The largest absolute Gasteiger partial charge is 0.493 e. The molecule has 9 heteroatoms. The van der Waals surface area contributed by atoms with E-state index in [4.69, 9.17) is 8.92 Å². The molecule has 0 unspecified atom stereocenters. The van der Waals surface area contributed by atoms with Crippen molar-refractivity contribution >= 4 is 16.1 Å². The van der Waals surface area contributed by atoms with Crippen LogP contribution in [0.1, 0.15) is 25.8 Å². The van der Waals surface area contributed by atoms with Crippen LogP contribution in [0, 0.1) is 5.82 Å². The van der Waals surface area contributed by atoms with Crippen LogP contribution in [-0.2, 0) is 16.7 Å². The number of rotatable bonds is 8. The summed E-state index contributed by atoms with van der Waals surface area (Å²) in [7, 11) is 0.554. The smallest absolute Gasteiger partial charge is 0.339 e. The van der Waals surface area contributed by atoms with Crippen LogP contribution in [0.15, 0.2) is 47.4 Å². The van der Waals surface area contributed by atoms with Crippen molar-refractivity contribution in [3.8, 4) is 11.5 Å². The molecular formula is C21H27FN2O5S. The van der Waals surface area contributed by atoms with Gasteiger partial charge in [0.25, 0.3) is 0 Å². The van der Waals surface area contributed by atoms with Crippen molar-refractivity contribution in [2.75, 3.05) is 21.2 Å². The quantitative estimate of drug-likeness (QED) is 0.585. The van der Waals surface area contributed by atoms with Gasteiger partial charge in [0.05, 0.1) is 7.11 Å². The fourth-order valence-corrected chi connectivity index (χ4v) is 3.67. The summed E-state index contributed by atoms with van der Waals surface area (Å²) in [5.74, 6) is -0.344. The van der Waals surface area contributed by atoms with Crippen LogP contribution in [-0.4, -0.2) is 51.5 Å². The number of halogens is 1. The van der Waals surface area contributed by atoms with Crippen molar-refractivity contribution < 1.29 is 26.5 Å². The molecule has 2 rings (SSSR count). The normalized spacial score (nSPS) is 12.2. The van der Waals surface area contributed by atoms with Gasteiger partial charge in [0.15, 0.2) is 11.5 Å². The highest BCUT2D eigenvalue weighted by Crippen LogP contribution is 2.31. The number of carbonyl (C=O) groups is 1. The minimum Gasteiger partial charge on any atom is -0.493 e. The number of methoxy groups -OCH3 is 1. The Morgan fingerprint density at radius 3 is 2.27 bits per heavy atom. The third kappa shape index (κ3) is 5.63. The Morgan fingerprint density at radius 2 is 1.73 bits per heavy atom. The van der Waals surface area contributed by atoms with E-state index in [0.29, 0.717) is 5.56 Å². The van der Waals surface area contributed by atoms with Crippen LogP contribution in [0.2, 0.25) is 0 Å². The first-order valence-corrected chi connectivity index (χ1v) is 10.8. The molecular weight excluding hydrogens is 411 g/mol. The average Bonchev–Trinajstić information content (AvgIpc) is 2.71. The molecule has 164 valence electrons. The second kappa shape index (κ2) is 9.80. The van der Waals surface area contributed by atoms with Gasteiger partial charge in [0, 0.05) is 26.7 Å². The predicted molar refractivity (Wildman–Crippen MR) is 112 cm³/mol. The first kappa shape index (κ1) is 23.5. The van der Waals surface area contributed by atoms with E-state index in [1.165, 1.54) is 18.1 Å². The van der Waals surface area contributed by atoms with Gasteiger partial charge in [-0.25, -0.2) is 9.18 Å². The summed E-state index contributed by atoms with van der Waals surface area (Å²) in [4.78, 5) is 15.6. The SMILES string of the molecule is CC[C@@H](C)N(Cc1ccc(OC)c(OS(=O)(=O)c2ccc(F)cc2)c1)C(=O)N(C)C. The summed E-state index contributed by atoms with van der Waals surface area (Å²) in [6, 6.07) is 9.02. The van der Waals surface area contributed by atoms with Crippen LogP contribution in [0.3, 0.4) is 0 Å². The molecule has 2 amide bonds. The standard InChI is InChI=1S/C21H27FN2O5S/c1-6-15(2)24(21(25)23(3)4)14-16-7-12-19(28-5)20(13-16)29-30(26,27)18-10-8-17(22)9-11-18/h7-13,15H,6,14H2,1-5H3/t15-/m1/s1. The van der Waals surface area contributed by atoms with E-state index in [1.54, 1.807) is 31.1 Å². The molecule has 0 aromatic heterocycles. The number of nitrogens with zero attached hydrogens (tertiary/aromatic N) is 2. The molecule has 2 aromatic carbocycles. The number of urea groups is 1. The molecule has 2 aromatic rings.